The first-order valence-corrected chi connectivity index (χ1v) is 7.26. The molecule has 1 aliphatic rings. The van der Waals surface area contributed by atoms with Gasteiger partial charge in [-0.1, -0.05) is 13.3 Å². The van der Waals surface area contributed by atoms with E-state index in [4.69, 9.17) is 5.11 Å². The first kappa shape index (κ1) is 17.3. The molecule has 7 heteroatoms. The van der Waals surface area contributed by atoms with E-state index in [0.717, 1.165) is 19.3 Å². The van der Waals surface area contributed by atoms with Gasteiger partial charge in [-0.15, -0.1) is 0 Å². The van der Waals surface area contributed by atoms with Crippen LogP contribution in [-0.2, 0) is 14.3 Å². The lowest BCUT2D eigenvalue weighted by Gasteiger charge is -2.41. The summed E-state index contributed by atoms with van der Waals surface area (Å²) in [6.45, 7) is 2.65. The Hall–Kier alpha value is -1.79. The lowest BCUT2D eigenvalue weighted by atomic mass is 9.67. The van der Waals surface area contributed by atoms with Crippen molar-refractivity contribution in [3.05, 3.63) is 0 Å². The van der Waals surface area contributed by atoms with Crippen LogP contribution in [0.25, 0.3) is 0 Å². The van der Waals surface area contributed by atoms with Crippen LogP contribution in [0.1, 0.15) is 45.4 Å². The van der Waals surface area contributed by atoms with Gasteiger partial charge in [0.05, 0.1) is 7.11 Å². The Morgan fingerprint density at radius 2 is 2.00 bits per heavy atom. The first-order chi connectivity index (χ1) is 9.92. The van der Waals surface area contributed by atoms with E-state index in [-0.39, 0.29) is 18.3 Å². The summed E-state index contributed by atoms with van der Waals surface area (Å²) in [5.74, 6) is -1.66. The third-order valence-corrected chi connectivity index (χ3v) is 4.26. The molecule has 1 fully saturated rings. The molecule has 0 heterocycles. The van der Waals surface area contributed by atoms with Gasteiger partial charge in [-0.2, -0.15) is 0 Å². The molecule has 21 heavy (non-hydrogen) atoms. The summed E-state index contributed by atoms with van der Waals surface area (Å²) in [6, 6.07) is -1.60. The van der Waals surface area contributed by atoms with Crippen molar-refractivity contribution >= 4 is 18.0 Å². The second-order valence-electron chi connectivity index (χ2n) is 5.54. The molecule has 0 bridgehead atoms. The minimum absolute atomic E-state index is 0.00828. The number of aliphatic carboxylic acids is 1. The molecule has 0 unspecified atom stereocenters. The van der Waals surface area contributed by atoms with E-state index in [1.54, 1.807) is 0 Å². The minimum Gasteiger partial charge on any atom is -0.480 e. The van der Waals surface area contributed by atoms with Crippen LogP contribution < -0.4 is 10.6 Å². The van der Waals surface area contributed by atoms with Crippen molar-refractivity contribution < 1.29 is 24.2 Å². The third kappa shape index (κ3) is 5.24. The second kappa shape index (κ2) is 7.85. The quantitative estimate of drug-likeness (QED) is 0.586. The highest BCUT2D eigenvalue weighted by Crippen LogP contribution is 2.42. The highest BCUT2D eigenvalue weighted by Gasteiger charge is 2.35. The van der Waals surface area contributed by atoms with Gasteiger partial charge >= 0.3 is 18.0 Å². The molecule has 0 aliphatic heterocycles. The zero-order valence-corrected chi connectivity index (χ0v) is 12.6. The molecule has 0 aromatic rings. The van der Waals surface area contributed by atoms with E-state index in [2.05, 4.69) is 22.3 Å². The van der Waals surface area contributed by atoms with Crippen LogP contribution in [0.2, 0.25) is 0 Å². The van der Waals surface area contributed by atoms with E-state index in [0.29, 0.717) is 6.54 Å². The fourth-order valence-electron chi connectivity index (χ4n) is 2.43. The molecule has 0 aromatic carbocycles. The number of methoxy groups -OCH3 is 1. The molecule has 7 nitrogen and oxygen atoms in total. The Kier molecular flexibility index (Phi) is 6.45. The highest BCUT2D eigenvalue weighted by atomic mass is 16.5. The zero-order valence-electron chi connectivity index (χ0n) is 12.6. The molecule has 1 aliphatic carbocycles. The number of carboxylic acid groups (broad SMARTS) is 1. The van der Waals surface area contributed by atoms with Crippen LogP contribution in [0.3, 0.4) is 0 Å². The molecular weight excluding hydrogens is 276 g/mol. The summed E-state index contributed by atoms with van der Waals surface area (Å²) in [7, 11) is 1.24. The molecule has 3 N–H and O–H groups in total. The van der Waals surface area contributed by atoms with Crippen LogP contribution >= 0.6 is 0 Å². The number of amides is 2. The monoisotopic (exact) mass is 300 g/mol. The van der Waals surface area contributed by atoms with Gasteiger partial charge in [0, 0.05) is 13.0 Å². The average molecular weight is 300 g/mol. The maximum Gasteiger partial charge on any atom is 0.326 e. The largest absolute Gasteiger partial charge is 0.480 e. The van der Waals surface area contributed by atoms with E-state index in [9.17, 15) is 14.4 Å². The molecule has 1 rings (SSSR count). The normalized spacial score (nSPS) is 17.2. The van der Waals surface area contributed by atoms with Crippen molar-refractivity contribution in [2.24, 2.45) is 5.41 Å². The molecule has 0 aromatic heterocycles. The summed E-state index contributed by atoms with van der Waals surface area (Å²) in [4.78, 5) is 33.9. The van der Waals surface area contributed by atoms with Crippen LogP contribution in [0.5, 0.6) is 0 Å². The lowest BCUT2D eigenvalue weighted by Crippen LogP contribution is -2.50. The van der Waals surface area contributed by atoms with Gasteiger partial charge < -0.3 is 20.5 Å². The number of rotatable bonds is 8. The molecule has 120 valence electrons. The molecule has 0 radical (unpaired) electrons. The molecular formula is C14H24N2O5. The van der Waals surface area contributed by atoms with Gasteiger partial charge in [0.25, 0.3) is 0 Å². The summed E-state index contributed by atoms with van der Waals surface area (Å²) < 4.78 is 4.45. The first-order valence-electron chi connectivity index (χ1n) is 7.26. The predicted octanol–water partition coefficient (Wildman–Crippen LogP) is 1.27. The fraction of sp³-hybridized carbons (Fsp3) is 0.786. The smallest absolute Gasteiger partial charge is 0.326 e. The molecule has 2 amide bonds. The number of esters is 1. The van der Waals surface area contributed by atoms with Gasteiger partial charge in [0.15, 0.2) is 0 Å². The maximum absolute atomic E-state index is 11.8. The van der Waals surface area contributed by atoms with Crippen molar-refractivity contribution in [3.8, 4) is 0 Å². The van der Waals surface area contributed by atoms with Crippen LogP contribution in [0, 0.1) is 5.41 Å². The Morgan fingerprint density at radius 1 is 1.33 bits per heavy atom. The SMILES string of the molecule is CCC1(CNC(=O)N[C@@H](CCC(=O)OC)C(=O)O)CCC1. The Bertz CT molecular complexity index is 387. The number of carbonyl (C=O) groups excluding carboxylic acids is 2. The van der Waals surface area contributed by atoms with Gasteiger partial charge in [-0.25, -0.2) is 9.59 Å². The van der Waals surface area contributed by atoms with Crippen LogP contribution in [0.4, 0.5) is 4.79 Å². The number of carboxylic acids is 1. The number of hydrogen-bond donors (Lipinski definition) is 3. The number of hydrogen-bond acceptors (Lipinski definition) is 4. The molecule has 0 saturated heterocycles. The number of urea groups is 1. The summed E-state index contributed by atoms with van der Waals surface area (Å²) >= 11 is 0. The minimum atomic E-state index is -1.16. The average Bonchev–Trinajstić information content (AvgIpc) is 2.41. The standard InChI is InChI=1S/C14H24N2O5/c1-3-14(7-4-8-14)9-15-13(20)16-10(12(18)19)5-6-11(17)21-2/h10H,3-9H2,1-2H3,(H,18,19)(H2,15,16,20)/t10-/m0/s1. The van der Waals surface area contributed by atoms with Crippen molar-refractivity contribution in [2.75, 3.05) is 13.7 Å². The Labute approximate surface area is 124 Å². The number of carbonyl (C=O) groups is 3. The van der Waals surface area contributed by atoms with E-state index >= 15 is 0 Å². The summed E-state index contributed by atoms with van der Waals surface area (Å²) in [5, 5.41) is 14.2. The lowest BCUT2D eigenvalue weighted by molar-refractivity contribution is -0.142. The van der Waals surface area contributed by atoms with E-state index in [1.165, 1.54) is 13.5 Å². The fourth-order valence-corrected chi connectivity index (χ4v) is 2.43. The van der Waals surface area contributed by atoms with Gasteiger partial charge in [-0.05, 0) is 31.1 Å². The number of nitrogens with one attached hydrogen (secondary N) is 2. The highest BCUT2D eigenvalue weighted by molar-refractivity contribution is 5.83. The molecule has 0 spiro atoms. The van der Waals surface area contributed by atoms with E-state index < -0.39 is 24.0 Å². The van der Waals surface area contributed by atoms with Gasteiger partial charge in [-0.3, -0.25) is 4.79 Å². The van der Waals surface area contributed by atoms with Crippen molar-refractivity contribution in [2.45, 2.75) is 51.5 Å². The van der Waals surface area contributed by atoms with Crippen molar-refractivity contribution in [3.63, 3.8) is 0 Å². The third-order valence-electron chi connectivity index (χ3n) is 4.26. The zero-order chi connectivity index (χ0) is 15.9. The summed E-state index contributed by atoms with van der Waals surface area (Å²) in [6.07, 6.45) is 4.32. The van der Waals surface area contributed by atoms with E-state index in [1.807, 2.05) is 0 Å². The molecule has 1 saturated carbocycles. The van der Waals surface area contributed by atoms with Crippen LogP contribution in [-0.4, -0.2) is 42.8 Å². The Balaban J connectivity index is 2.38. The summed E-state index contributed by atoms with van der Waals surface area (Å²) in [5.41, 5.74) is 0.169. The Morgan fingerprint density at radius 3 is 2.43 bits per heavy atom. The molecule has 1 atom stereocenters. The van der Waals surface area contributed by atoms with Gasteiger partial charge in [0.2, 0.25) is 0 Å². The van der Waals surface area contributed by atoms with Crippen molar-refractivity contribution in [1.82, 2.24) is 10.6 Å². The van der Waals surface area contributed by atoms with Crippen molar-refractivity contribution in [1.29, 1.82) is 0 Å². The topological polar surface area (TPSA) is 105 Å². The van der Waals surface area contributed by atoms with Crippen LogP contribution in [0.15, 0.2) is 0 Å². The maximum atomic E-state index is 11.8. The second-order valence-corrected chi connectivity index (χ2v) is 5.54. The predicted molar refractivity (Wildman–Crippen MR) is 75.8 cm³/mol. The van der Waals surface area contributed by atoms with Gasteiger partial charge in [0.1, 0.15) is 6.04 Å². The number of ether oxygens (including phenoxy) is 1.